The minimum atomic E-state index is -0.0883. The van der Waals surface area contributed by atoms with Crippen molar-refractivity contribution in [2.45, 2.75) is 19.6 Å². The number of hydrogen-bond donors (Lipinski definition) is 1. The van der Waals surface area contributed by atoms with E-state index in [4.69, 9.17) is 0 Å². The summed E-state index contributed by atoms with van der Waals surface area (Å²) in [6.45, 7) is 1.44. The van der Waals surface area contributed by atoms with E-state index in [0.29, 0.717) is 25.2 Å². The molecule has 0 unspecified atom stereocenters. The molecule has 6 nitrogen and oxygen atoms in total. The predicted molar refractivity (Wildman–Crippen MR) is 100 cm³/mol. The minimum absolute atomic E-state index is 0.0640. The molecule has 0 bridgehead atoms. The van der Waals surface area contributed by atoms with Crippen LogP contribution in [0.15, 0.2) is 67.1 Å². The lowest BCUT2D eigenvalue weighted by Gasteiger charge is -2.25. The molecule has 1 N–H and O–H groups in total. The highest BCUT2D eigenvalue weighted by Crippen LogP contribution is 2.22. The van der Waals surface area contributed by atoms with Crippen molar-refractivity contribution in [3.05, 3.63) is 89.5 Å². The third kappa shape index (κ3) is 3.74. The second-order valence-corrected chi connectivity index (χ2v) is 6.63. The lowest BCUT2D eigenvalue weighted by atomic mass is 10.1. The van der Waals surface area contributed by atoms with Gasteiger partial charge in [0, 0.05) is 24.8 Å². The number of benzene rings is 2. The van der Waals surface area contributed by atoms with Gasteiger partial charge >= 0.3 is 0 Å². The molecule has 0 radical (unpaired) electrons. The highest BCUT2D eigenvalue weighted by molar-refractivity contribution is 6.00. The van der Waals surface area contributed by atoms with Gasteiger partial charge in [-0.2, -0.15) is 0 Å². The van der Waals surface area contributed by atoms with E-state index in [1.807, 2.05) is 54.6 Å². The maximum Gasteiger partial charge on any atom is 0.254 e. The molecule has 1 aromatic heterocycles. The zero-order chi connectivity index (χ0) is 18.6. The Morgan fingerprint density at radius 1 is 1.07 bits per heavy atom. The fourth-order valence-electron chi connectivity index (χ4n) is 3.32. The highest BCUT2D eigenvalue weighted by atomic mass is 16.2. The molecule has 0 fully saturated rings. The minimum Gasteiger partial charge on any atom is -0.347 e. The van der Waals surface area contributed by atoms with Crippen molar-refractivity contribution in [1.82, 2.24) is 19.8 Å². The molecule has 0 saturated carbocycles. The van der Waals surface area contributed by atoms with Crippen molar-refractivity contribution in [2.75, 3.05) is 6.54 Å². The normalized spacial score (nSPS) is 12.9. The molecule has 1 aliphatic heterocycles. The summed E-state index contributed by atoms with van der Waals surface area (Å²) in [5.41, 5.74) is 3.56. The van der Waals surface area contributed by atoms with Crippen LogP contribution in [0.1, 0.15) is 27.2 Å². The first-order chi connectivity index (χ1) is 13.2. The van der Waals surface area contributed by atoms with E-state index in [9.17, 15) is 9.59 Å². The molecule has 4 rings (SSSR count). The number of H-pyrrole nitrogens is 1. The Morgan fingerprint density at radius 3 is 2.59 bits per heavy atom. The Labute approximate surface area is 157 Å². The number of nitrogens with zero attached hydrogens (tertiary/aromatic N) is 3. The number of fused-ring (bicyclic) bond motifs is 1. The fraction of sp³-hybridized carbons (Fsp3) is 0.190. The molecule has 0 spiro atoms. The van der Waals surface area contributed by atoms with Crippen molar-refractivity contribution in [1.29, 1.82) is 0 Å². The van der Waals surface area contributed by atoms with Gasteiger partial charge in [-0.25, -0.2) is 4.98 Å². The van der Waals surface area contributed by atoms with Crippen molar-refractivity contribution in [2.24, 2.45) is 0 Å². The van der Waals surface area contributed by atoms with Gasteiger partial charge in [0.2, 0.25) is 5.91 Å². The summed E-state index contributed by atoms with van der Waals surface area (Å²) in [4.78, 5) is 36.0. The van der Waals surface area contributed by atoms with Crippen molar-refractivity contribution >= 4 is 11.8 Å². The molecule has 27 heavy (non-hydrogen) atoms. The molecule has 6 heteroatoms. The zero-order valence-electron chi connectivity index (χ0n) is 14.8. The Balaban J connectivity index is 1.49. The maximum absolute atomic E-state index is 13.0. The summed E-state index contributed by atoms with van der Waals surface area (Å²) < 4.78 is 0. The maximum atomic E-state index is 13.0. The molecule has 2 heterocycles. The summed E-state index contributed by atoms with van der Waals surface area (Å²) in [7, 11) is 0. The molecular formula is C21H20N4O2. The largest absolute Gasteiger partial charge is 0.347 e. The zero-order valence-corrected chi connectivity index (χ0v) is 14.8. The molecular weight excluding hydrogens is 340 g/mol. The molecule has 2 aromatic carbocycles. The number of amides is 2. The van der Waals surface area contributed by atoms with E-state index >= 15 is 0 Å². The SMILES string of the molecule is O=C(CN1Cc2ccccc2C1=O)N(Cc1ccccc1)Cc1cnc[nH]1. The number of rotatable bonds is 6. The average molecular weight is 360 g/mol. The molecule has 1 aliphatic rings. The van der Waals surface area contributed by atoms with Crippen LogP contribution >= 0.6 is 0 Å². The lowest BCUT2D eigenvalue weighted by molar-refractivity contribution is -0.133. The number of carbonyl (C=O) groups is 2. The second-order valence-electron chi connectivity index (χ2n) is 6.63. The number of aromatic nitrogens is 2. The van der Waals surface area contributed by atoms with Gasteiger partial charge in [0.05, 0.1) is 18.6 Å². The fourth-order valence-corrected chi connectivity index (χ4v) is 3.32. The van der Waals surface area contributed by atoms with Crippen LogP contribution in [-0.2, 0) is 24.4 Å². The number of carbonyl (C=O) groups excluding carboxylic acids is 2. The van der Waals surface area contributed by atoms with Crippen molar-refractivity contribution in [3.8, 4) is 0 Å². The summed E-state index contributed by atoms with van der Waals surface area (Å²) in [6, 6.07) is 17.3. The van der Waals surface area contributed by atoms with E-state index in [0.717, 1.165) is 16.8 Å². The van der Waals surface area contributed by atoms with Crippen molar-refractivity contribution < 1.29 is 9.59 Å². The van der Waals surface area contributed by atoms with Gasteiger partial charge in [-0.3, -0.25) is 9.59 Å². The molecule has 0 saturated heterocycles. The van der Waals surface area contributed by atoms with Crippen LogP contribution in [0.25, 0.3) is 0 Å². The van der Waals surface area contributed by atoms with Gasteiger partial charge in [0.15, 0.2) is 0 Å². The molecule has 2 amide bonds. The number of hydrogen-bond acceptors (Lipinski definition) is 3. The van der Waals surface area contributed by atoms with E-state index in [1.165, 1.54) is 0 Å². The first-order valence-electron chi connectivity index (χ1n) is 8.87. The lowest BCUT2D eigenvalue weighted by Crippen LogP contribution is -2.40. The Bertz CT molecular complexity index is 938. The van der Waals surface area contributed by atoms with Gasteiger partial charge in [-0.1, -0.05) is 48.5 Å². The molecule has 136 valence electrons. The topological polar surface area (TPSA) is 69.3 Å². The highest BCUT2D eigenvalue weighted by Gasteiger charge is 2.29. The van der Waals surface area contributed by atoms with Crippen LogP contribution in [-0.4, -0.2) is 38.1 Å². The molecule has 3 aromatic rings. The third-order valence-corrected chi connectivity index (χ3v) is 4.71. The van der Waals surface area contributed by atoms with Crippen LogP contribution in [0.3, 0.4) is 0 Å². The van der Waals surface area contributed by atoms with E-state index in [1.54, 1.807) is 22.3 Å². The quantitative estimate of drug-likeness (QED) is 0.735. The Morgan fingerprint density at radius 2 is 1.85 bits per heavy atom. The van der Waals surface area contributed by atoms with Crippen LogP contribution < -0.4 is 0 Å². The smallest absolute Gasteiger partial charge is 0.254 e. The van der Waals surface area contributed by atoms with Crippen molar-refractivity contribution in [3.63, 3.8) is 0 Å². The van der Waals surface area contributed by atoms with E-state index in [2.05, 4.69) is 9.97 Å². The van der Waals surface area contributed by atoms with Gasteiger partial charge in [0.1, 0.15) is 6.54 Å². The Hall–Kier alpha value is -3.41. The third-order valence-electron chi connectivity index (χ3n) is 4.71. The van der Waals surface area contributed by atoms with Gasteiger partial charge in [-0.15, -0.1) is 0 Å². The number of imidazole rings is 1. The summed E-state index contributed by atoms with van der Waals surface area (Å²) in [5, 5.41) is 0. The molecule has 0 atom stereocenters. The van der Waals surface area contributed by atoms with Gasteiger partial charge in [0.25, 0.3) is 5.91 Å². The standard InChI is InChI=1S/C21H20N4O2/c26-20(14-25-12-17-8-4-5-9-19(17)21(25)27)24(13-18-10-22-15-23-18)11-16-6-2-1-3-7-16/h1-10,15H,11-14H2,(H,22,23). The van der Waals surface area contributed by atoms with Gasteiger partial charge in [-0.05, 0) is 17.2 Å². The van der Waals surface area contributed by atoms with Crippen LogP contribution in [0, 0.1) is 0 Å². The number of nitrogens with one attached hydrogen (secondary N) is 1. The summed E-state index contributed by atoms with van der Waals surface area (Å²) in [5.74, 6) is -0.172. The first-order valence-corrected chi connectivity index (χ1v) is 8.87. The van der Waals surface area contributed by atoms with Crippen LogP contribution in [0.4, 0.5) is 0 Å². The molecule has 0 aliphatic carbocycles. The first kappa shape index (κ1) is 17.0. The monoisotopic (exact) mass is 360 g/mol. The Kier molecular flexibility index (Phi) is 4.70. The van der Waals surface area contributed by atoms with Gasteiger partial charge < -0.3 is 14.8 Å². The number of aromatic amines is 1. The van der Waals surface area contributed by atoms with E-state index in [-0.39, 0.29) is 18.4 Å². The summed E-state index contributed by atoms with van der Waals surface area (Å²) >= 11 is 0. The second kappa shape index (κ2) is 7.45. The van der Waals surface area contributed by atoms with E-state index < -0.39 is 0 Å². The average Bonchev–Trinajstić information content (AvgIpc) is 3.31. The predicted octanol–water partition coefficient (Wildman–Crippen LogP) is 2.59. The van der Waals surface area contributed by atoms with Crippen LogP contribution in [0.2, 0.25) is 0 Å². The summed E-state index contributed by atoms with van der Waals surface area (Å²) in [6.07, 6.45) is 3.31. The van der Waals surface area contributed by atoms with Crippen LogP contribution in [0.5, 0.6) is 0 Å².